The van der Waals surface area contributed by atoms with Crippen molar-refractivity contribution in [3.05, 3.63) is 156 Å². The quantitative estimate of drug-likeness (QED) is 0.114. The molecule has 8 atom stereocenters. The van der Waals surface area contributed by atoms with Gasteiger partial charge >= 0.3 is 0 Å². The molecule has 0 bridgehead atoms. The molecule has 61 heavy (non-hydrogen) atoms. The van der Waals surface area contributed by atoms with Crippen LogP contribution in [0.1, 0.15) is 70.1 Å². The lowest BCUT2D eigenvalue weighted by Gasteiger charge is -2.22. The van der Waals surface area contributed by atoms with Gasteiger partial charge in [0.1, 0.15) is 54.2 Å². The minimum Gasteiger partial charge on any atom is -0.394 e. The molecule has 2 aliphatic heterocycles. The average molecular weight is 827 g/mol. The van der Waals surface area contributed by atoms with Crippen LogP contribution in [0.4, 0.5) is 11.6 Å². The molecule has 9 rings (SSSR count). The number of amides is 2. The van der Waals surface area contributed by atoms with Gasteiger partial charge in [0.15, 0.2) is 11.6 Å². The van der Waals surface area contributed by atoms with E-state index in [0.717, 1.165) is 17.7 Å². The first-order valence-corrected chi connectivity index (χ1v) is 20.1. The average Bonchev–Trinajstić information content (AvgIpc) is 4.08. The van der Waals surface area contributed by atoms with Crippen LogP contribution in [0.2, 0.25) is 0 Å². The zero-order valence-corrected chi connectivity index (χ0v) is 33.4. The number of ether oxygens (including phenoxy) is 3. The van der Waals surface area contributed by atoms with E-state index < -0.39 is 31.0 Å². The molecule has 5 N–H and O–H groups in total. The monoisotopic (exact) mass is 826 g/mol. The molecule has 0 unspecified atom stereocenters. The number of rotatable bonds is 11. The Balaban J connectivity index is 0.000000173. The summed E-state index contributed by atoms with van der Waals surface area (Å²) in [5, 5.41) is 43.7. The molecule has 2 saturated heterocycles. The van der Waals surface area contributed by atoms with Gasteiger partial charge < -0.3 is 40.2 Å². The Morgan fingerprint density at radius 1 is 0.672 bits per heavy atom. The summed E-state index contributed by atoms with van der Waals surface area (Å²) in [6.45, 7) is 4.42. The number of fused-ring (bicyclic) bond motifs is 2. The first-order valence-electron chi connectivity index (χ1n) is 20.1. The van der Waals surface area contributed by atoms with Gasteiger partial charge in [0.2, 0.25) is 0 Å². The van der Waals surface area contributed by atoms with E-state index in [-0.39, 0.29) is 36.0 Å². The Bertz CT molecular complexity index is 2570. The maximum atomic E-state index is 12.7. The smallest absolute Gasteiger partial charge is 0.256 e. The standard InChI is InChI=1S/C27H28N4O3.C18H18N4O5/c1-3-23-18(2)24(33-16-19-10-6-4-7-11-19)25(34-23)21-14-15-22-26(28-17-29-31(21)22)30-27(32)20-12-8-5-9-13-20;23-8-13-14(24)15(25)16(27-13)11-6-7-12-17(19-9-20-22(11)12)21-18(26)10-4-2-1-3-5-10/h4-15,17-18,23-25H,3,16H2,1-2H3,(H,28,29,30,32);1-7,9,13-16,23-25H,8H2,(H,19,20,21,26)/t18-,23-,24-,25+;13-,14-,15-,16+/m11/s1. The van der Waals surface area contributed by atoms with Crippen molar-refractivity contribution >= 4 is 34.5 Å². The van der Waals surface area contributed by atoms with Crippen LogP contribution in [0.5, 0.6) is 0 Å². The predicted molar refractivity (Wildman–Crippen MR) is 224 cm³/mol. The lowest BCUT2D eigenvalue weighted by atomic mass is 9.95. The molecule has 16 heteroatoms. The maximum absolute atomic E-state index is 12.7. The molecule has 2 amide bonds. The molecular formula is C45H46N8O8. The highest BCUT2D eigenvalue weighted by Gasteiger charge is 2.45. The summed E-state index contributed by atoms with van der Waals surface area (Å²) in [6.07, 6.45) is -0.844. The number of carbonyl (C=O) groups is 2. The van der Waals surface area contributed by atoms with Crippen LogP contribution >= 0.6 is 0 Å². The third-order valence-electron chi connectivity index (χ3n) is 11.0. The number of anilines is 2. The van der Waals surface area contributed by atoms with Gasteiger partial charge in [-0.15, -0.1) is 0 Å². The maximum Gasteiger partial charge on any atom is 0.256 e. The van der Waals surface area contributed by atoms with E-state index in [1.54, 1.807) is 53.0 Å². The van der Waals surface area contributed by atoms with Crippen molar-refractivity contribution in [2.24, 2.45) is 5.92 Å². The summed E-state index contributed by atoms with van der Waals surface area (Å²) >= 11 is 0. The second-order valence-corrected chi connectivity index (χ2v) is 14.9. The molecule has 3 aromatic carbocycles. The second kappa shape index (κ2) is 18.5. The van der Waals surface area contributed by atoms with Gasteiger partial charge in [-0.1, -0.05) is 80.6 Å². The molecule has 314 valence electrons. The van der Waals surface area contributed by atoms with Crippen LogP contribution < -0.4 is 10.6 Å². The van der Waals surface area contributed by atoms with Gasteiger partial charge in [-0.05, 0) is 60.5 Å². The Kier molecular flexibility index (Phi) is 12.5. The van der Waals surface area contributed by atoms with E-state index in [1.165, 1.54) is 17.2 Å². The van der Waals surface area contributed by atoms with Crippen molar-refractivity contribution < 1.29 is 39.1 Å². The van der Waals surface area contributed by atoms with Crippen LogP contribution in [-0.4, -0.2) is 93.5 Å². The summed E-state index contributed by atoms with van der Waals surface area (Å²) < 4.78 is 21.7. The highest BCUT2D eigenvalue weighted by Crippen LogP contribution is 2.41. The zero-order valence-electron chi connectivity index (χ0n) is 33.4. The van der Waals surface area contributed by atoms with Gasteiger partial charge in [0.05, 0.1) is 36.8 Å². The molecule has 0 radical (unpaired) electrons. The second-order valence-electron chi connectivity index (χ2n) is 14.9. The minimum absolute atomic E-state index is 0.0930. The van der Waals surface area contributed by atoms with E-state index >= 15 is 0 Å². The first kappa shape index (κ1) is 41.3. The summed E-state index contributed by atoms with van der Waals surface area (Å²) in [6, 6.07) is 35.2. The third-order valence-corrected chi connectivity index (χ3v) is 11.0. The van der Waals surface area contributed by atoms with Crippen molar-refractivity contribution in [3.8, 4) is 0 Å². The topological polar surface area (TPSA) is 207 Å². The summed E-state index contributed by atoms with van der Waals surface area (Å²) in [5.74, 6) is 0.451. The van der Waals surface area contributed by atoms with Crippen molar-refractivity contribution in [1.29, 1.82) is 0 Å². The van der Waals surface area contributed by atoms with E-state index in [1.807, 2.05) is 54.6 Å². The highest BCUT2D eigenvalue weighted by atomic mass is 16.6. The van der Waals surface area contributed by atoms with Gasteiger partial charge in [0.25, 0.3) is 11.8 Å². The first-order chi connectivity index (χ1) is 29.7. The fourth-order valence-corrected chi connectivity index (χ4v) is 7.80. The molecule has 0 spiro atoms. The molecule has 0 aliphatic carbocycles. The van der Waals surface area contributed by atoms with Crippen LogP contribution in [-0.2, 0) is 20.8 Å². The van der Waals surface area contributed by atoms with E-state index in [0.29, 0.717) is 46.1 Å². The fraction of sp³-hybridized carbons (Fsp3) is 0.289. The third kappa shape index (κ3) is 8.63. The highest BCUT2D eigenvalue weighted by molar-refractivity contribution is 6.06. The van der Waals surface area contributed by atoms with Crippen molar-refractivity contribution in [2.45, 2.75) is 69.6 Å². The predicted octanol–water partition coefficient (Wildman–Crippen LogP) is 5.19. The number of aliphatic hydroxyl groups is 3. The lowest BCUT2D eigenvalue weighted by molar-refractivity contribution is -0.0362. The fourth-order valence-electron chi connectivity index (χ4n) is 7.80. The van der Waals surface area contributed by atoms with Crippen LogP contribution in [0.3, 0.4) is 0 Å². The normalized spacial score (nSPS) is 23.4. The van der Waals surface area contributed by atoms with Gasteiger partial charge in [0, 0.05) is 17.0 Å². The summed E-state index contributed by atoms with van der Waals surface area (Å²) in [5.41, 5.74) is 4.76. The van der Waals surface area contributed by atoms with Crippen LogP contribution in [0.15, 0.2) is 128 Å². The minimum atomic E-state index is -1.21. The molecule has 6 heterocycles. The van der Waals surface area contributed by atoms with Crippen molar-refractivity contribution in [2.75, 3.05) is 17.2 Å². The van der Waals surface area contributed by atoms with Gasteiger partial charge in [-0.2, -0.15) is 10.2 Å². The summed E-state index contributed by atoms with van der Waals surface area (Å²) in [7, 11) is 0. The number of aliphatic hydroxyl groups excluding tert-OH is 3. The Hall–Kier alpha value is -6.40. The van der Waals surface area contributed by atoms with Crippen LogP contribution in [0, 0.1) is 5.92 Å². The molecule has 4 aromatic heterocycles. The largest absolute Gasteiger partial charge is 0.394 e. The lowest BCUT2D eigenvalue weighted by Crippen LogP contribution is -2.32. The molecule has 2 fully saturated rings. The van der Waals surface area contributed by atoms with Gasteiger partial charge in [-0.3, -0.25) is 9.59 Å². The van der Waals surface area contributed by atoms with Crippen molar-refractivity contribution in [1.82, 2.24) is 29.2 Å². The number of nitrogens with one attached hydrogen (secondary N) is 2. The molecular weight excluding hydrogens is 781 g/mol. The van der Waals surface area contributed by atoms with Crippen molar-refractivity contribution in [3.63, 3.8) is 0 Å². The number of hydrogen-bond donors (Lipinski definition) is 5. The number of aromatic nitrogens is 6. The molecule has 16 nitrogen and oxygen atoms in total. The van der Waals surface area contributed by atoms with Gasteiger partial charge in [-0.25, -0.2) is 19.0 Å². The molecule has 0 saturated carbocycles. The summed E-state index contributed by atoms with van der Waals surface area (Å²) in [4.78, 5) is 33.5. The SMILES string of the molecule is CC[C@H]1O[C@@H](c2ccc3c(NC(=O)c4ccccc4)ncnn23)[C@H](OCc2ccccc2)[C@@H]1C.O=C(Nc1ncnn2c([C@@H]3O[C@H](CO)[C@@H](O)[C@H]3O)ccc12)c1ccccc1. The van der Waals surface area contributed by atoms with E-state index in [4.69, 9.17) is 14.2 Å². The van der Waals surface area contributed by atoms with E-state index in [9.17, 15) is 24.9 Å². The molecule has 7 aromatic rings. The number of carbonyl (C=O) groups excluding carboxylic acids is 2. The van der Waals surface area contributed by atoms with Crippen LogP contribution in [0.25, 0.3) is 11.0 Å². The number of hydrogen-bond acceptors (Lipinski definition) is 12. The molecule has 2 aliphatic rings. The van der Waals surface area contributed by atoms with E-state index in [2.05, 4.69) is 56.8 Å². The Morgan fingerprint density at radius 3 is 1.66 bits per heavy atom. The Labute approximate surface area is 350 Å². The zero-order chi connectivity index (χ0) is 42.5. The Morgan fingerprint density at radius 2 is 1.16 bits per heavy atom. The number of benzene rings is 3. The number of nitrogens with zero attached hydrogens (tertiary/aromatic N) is 6.